The average Bonchev–Trinajstić information content (AvgIpc) is 2.10. The zero-order valence-electron chi connectivity index (χ0n) is 5.42. The highest BCUT2D eigenvalue weighted by Gasteiger charge is 1.99. The van der Waals surface area contributed by atoms with Crippen LogP contribution < -0.4 is 5.73 Å². The quantitative estimate of drug-likeness (QED) is 0.654. The maximum atomic E-state index is 8.43. The summed E-state index contributed by atoms with van der Waals surface area (Å²) in [6.45, 7) is 1.89. The zero-order chi connectivity index (χ0) is 6.85. The van der Waals surface area contributed by atoms with E-state index in [2.05, 4.69) is 0 Å². The molecule has 1 aromatic heterocycles. The molecule has 10 heavy (non-hydrogen) atoms. The fourth-order valence-corrected chi connectivity index (χ4v) is 1.36. The smallest absolute Gasteiger partial charge is 0.100 e. The molecule has 1 aromatic rings. The number of thiophene rings is 1. The van der Waals surface area contributed by atoms with Crippen molar-refractivity contribution in [1.29, 1.82) is 5.26 Å². The van der Waals surface area contributed by atoms with Crippen LogP contribution in [0.25, 0.3) is 0 Å². The summed E-state index contributed by atoms with van der Waals surface area (Å²) in [7, 11) is 0. The second kappa shape index (κ2) is 3.45. The average molecular weight is 175 g/mol. The molecule has 0 aliphatic rings. The summed E-state index contributed by atoms with van der Waals surface area (Å²) in [5, 5.41) is 9.14. The molecule has 0 saturated carbocycles. The van der Waals surface area contributed by atoms with E-state index >= 15 is 0 Å². The fourth-order valence-electron chi connectivity index (χ4n) is 0.616. The number of nitriles is 1. The molecule has 0 aromatic carbocycles. The monoisotopic (exact) mass is 174 g/mol. The molecule has 0 atom stereocenters. The van der Waals surface area contributed by atoms with Crippen molar-refractivity contribution in [1.82, 2.24) is 0 Å². The van der Waals surface area contributed by atoms with Crippen molar-refractivity contribution >= 4 is 28.7 Å². The Morgan fingerprint density at radius 3 is 2.50 bits per heavy atom. The highest BCUT2D eigenvalue weighted by Crippen LogP contribution is 2.21. The third-order valence-corrected chi connectivity index (χ3v) is 1.94. The summed E-state index contributed by atoms with van der Waals surface area (Å²) in [4.78, 5) is 0.995. The summed E-state index contributed by atoms with van der Waals surface area (Å²) in [6, 6.07) is 3.74. The molecule has 54 valence electrons. The number of anilines is 1. The van der Waals surface area contributed by atoms with Crippen LogP contribution in [0.5, 0.6) is 0 Å². The Bertz CT molecular complexity index is 261. The first-order valence-corrected chi connectivity index (χ1v) is 3.31. The van der Waals surface area contributed by atoms with E-state index in [0.717, 1.165) is 4.88 Å². The second-order valence-electron chi connectivity index (χ2n) is 1.73. The summed E-state index contributed by atoms with van der Waals surface area (Å²) < 4.78 is 0. The molecule has 0 fully saturated rings. The number of aryl methyl sites for hydroxylation is 1. The predicted octanol–water partition coefficient (Wildman–Crippen LogP) is 1.93. The lowest BCUT2D eigenvalue weighted by molar-refractivity contribution is 1.47. The maximum absolute atomic E-state index is 8.43. The number of nitrogens with zero attached hydrogens (tertiary/aromatic N) is 1. The van der Waals surface area contributed by atoms with Gasteiger partial charge in [0, 0.05) is 4.88 Å². The molecule has 2 nitrogen and oxygen atoms in total. The minimum Gasteiger partial charge on any atom is -0.391 e. The van der Waals surface area contributed by atoms with Crippen molar-refractivity contribution in [2.45, 2.75) is 6.92 Å². The van der Waals surface area contributed by atoms with Gasteiger partial charge in [0.1, 0.15) is 6.07 Å². The van der Waals surface area contributed by atoms with Crippen LogP contribution in [0.15, 0.2) is 6.07 Å². The van der Waals surface area contributed by atoms with E-state index in [1.807, 2.05) is 13.0 Å². The van der Waals surface area contributed by atoms with Crippen LogP contribution in [0.2, 0.25) is 0 Å². The standard InChI is InChI=1S/C6H6N2S.ClH/c1-4-5(3-7)2-6(8)9-4;/h2H,8H2,1H3;1H. The summed E-state index contributed by atoms with van der Waals surface area (Å²) in [5.74, 6) is 0. The van der Waals surface area contributed by atoms with Crippen molar-refractivity contribution in [2.75, 3.05) is 5.73 Å². The van der Waals surface area contributed by atoms with Crippen LogP contribution >= 0.6 is 23.7 Å². The van der Waals surface area contributed by atoms with E-state index < -0.39 is 0 Å². The van der Waals surface area contributed by atoms with Crippen molar-refractivity contribution in [3.63, 3.8) is 0 Å². The Hall–Kier alpha value is -0.720. The van der Waals surface area contributed by atoms with E-state index in [9.17, 15) is 0 Å². The molecular formula is C6H7ClN2S. The molecule has 0 aliphatic heterocycles. The van der Waals surface area contributed by atoms with Gasteiger partial charge in [0.15, 0.2) is 0 Å². The lowest BCUT2D eigenvalue weighted by Crippen LogP contribution is -1.73. The number of halogens is 1. The molecule has 2 N–H and O–H groups in total. The summed E-state index contributed by atoms with van der Waals surface area (Å²) >= 11 is 1.45. The van der Waals surface area contributed by atoms with Crippen molar-refractivity contribution < 1.29 is 0 Å². The van der Waals surface area contributed by atoms with E-state index in [1.165, 1.54) is 11.3 Å². The van der Waals surface area contributed by atoms with E-state index in [-0.39, 0.29) is 12.4 Å². The normalized spacial score (nSPS) is 8.00. The van der Waals surface area contributed by atoms with E-state index in [4.69, 9.17) is 11.0 Å². The van der Waals surface area contributed by atoms with Gasteiger partial charge < -0.3 is 5.73 Å². The van der Waals surface area contributed by atoms with Crippen molar-refractivity contribution in [3.8, 4) is 6.07 Å². The maximum Gasteiger partial charge on any atom is 0.100 e. The predicted molar refractivity (Wildman–Crippen MR) is 45.4 cm³/mol. The molecular weight excluding hydrogens is 168 g/mol. The molecule has 1 heterocycles. The van der Waals surface area contributed by atoms with Crippen LogP contribution in [-0.4, -0.2) is 0 Å². The molecule has 0 saturated heterocycles. The number of nitrogens with two attached hydrogens (primary N) is 1. The van der Waals surface area contributed by atoms with Gasteiger partial charge in [-0.3, -0.25) is 0 Å². The highest BCUT2D eigenvalue weighted by atomic mass is 35.5. The Kier molecular flexibility index (Phi) is 3.20. The topological polar surface area (TPSA) is 49.8 Å². The lowest BCUT2D eigenvalue weighted by atomic mass is 10.3. The molecule has 4 heteroatoms. The van der Waals surface area contributed by atoms with Crippen molar-refractivity contribution in [3.05, 3.63) is 16.5 Å². The Labute approximate surface area is 69.7 Å². The summed E-state index contributed by atoms with van der Waals surface area (Å²) in [5.41, 5.74) is 6.11. The van der Waals surface area contributed by atoms with Gasteiger partial charge in [-0.2, -0.15) is 5.26 Å². The molecule has 0 unspecified atom stereocenters. The largest absolute Gasteiger partial charge is 0.391 e. The molecule has 0 aliphatic carbocycles. The molecule has 0 spiro atoms. The van der Waals surface area contributed by atoms with Gasteiger partial charge in [0.25, 0.3) is 0 Å². The van der Waals surface area contributed by atoms with Crippen LogP contribution in [0.1, 0.15) is 10.4 Å². The van der Waals surface area contributed by atoms with Gasteiger partial charge in [-0.25, -0.2) is 0 Å². The second-order valence-corrected chi connectivity index (χ2v) is 3.02. The van der Waals surface area contributed by atoms with Crippen LogP contribution in [0.4, 0.5) is 5.00 Å². The van der Waals surface area contributed by atoms with Crippen LogP contribution in [0.3, 0.4) is 0 Å². The van der Waals surface area contributed by atoms with E-state index in [1.54, 1.807) is 6.07 Å². The van der Waals surface area contributed by atoms with Crippen LogP contribution in [-0.2, 0) is 0 Å². The third-order valence-electron chi connectivity index (χ3n) is 1.06. The van der Waals surface area contributed by atoms with Gasteiger partial charge >= 0.3 is 0 Å². The first-order chi connectivity index (χ1) is 4.24. The number of rotatable bonds is 0. The van der Waals surface area contributed by atoms with Gasteiger partial charge in [0.2, 0.25) is 0 Å². The van der Waals surface area contributed by atoms with Crippen molar-refractivity contribution in [2.24, 2.45) is 0 Å². The summed E-state index contributed by atoms with van der Waals surface area (Å²) in [6.07, 6.45) is 0. The fraction of sp³-hybridized carbons (Fsp3) is 0.167. The molecule has 0 bridgehead atoms. The minimum absolute atomic E-state index is 0. The van der Waals surface area contributed by atoms with Crippen LogP contribution in [0, 0.1) is 18.3 Å². The van der Waals surface area contributed by atoms with Gasteiger partial charge in [0.05, 0.1) is 10.6 Å². The lowest BCUT2D eigenvalue weighted by Gasteiger charge is -1.76. The Morgan fingerprint density at radius 2 is 2.30 bits per heavy atom. The highest BCUT2D eigenvalue weighted by molar-refractivity contribution is 7.16. The number of hydrogen-bond acceptors (Lipinski definition) is 3. The minimum atomic E-state index is 0. The van der Waals surface area contributed by atoms with E-state index in [0.29, 0.717) is 10.6 Å². The van der Waals surface area contributed by atoms with Gasteiger partial charge in [-0.05, 0) is 13.0 Å². The third kappa shape index (κ3) is 1.63. The number of hydrogen-bond donors (Lipinski definition) is 1. The Balaban J connectivity index is 0.000000810. The first-order valence-electron chi connectivity index (χ1n) is 2.50. The van der Waals surface area contributed by atoms with Gasteiger partial charge in [-0.1, -0.05) is 0 Å². The molecule has 0 radical (unpaired) electrons. The molecule has 0 amide bonds. The zero-order valence-corrected chi connectivity index (χ0v) is 7.05. The first kappa shape index (κ1) is 9.28. The van der Waals surface area contributed by atoms with Gasteiger partial charge in [-0.15, -0.1) is 23.7 Å². The number of nitrogen functional groups attached to an aromatic ring is 1. The SMILES string of the molecule is Cc1sc(N)cc1C#N.Cl. The Morgan fingerprint density at radius 1 is 1.70 bits per heavy atom. The molecule has 1 rings (SSSR count).